The van der Waals surface area contributed by atoms with Crippen LogP contribution in [0.2, 0.25) is 0 Å². The molecule has 0 aliphatic heterocycles. The van der Waals surface area contributed by atoms with Gasteiger partial charge in [-0.15, -0.1) is 0 Å². The Labute approximate surface area is 125 Å². The molecule has 4 heteroatoms. The van der Waals surface area contributed by atoms with Gasteiger partial charge in [-0.1, -0.05) is 23.8 Å². The summed E-state index contributed by atoms with van der Waals surface area (Å²) in [5.41, 5.74) is 3.54. The molecular formula is C17H23NO3. The highest BCUT2D eigenvalue weighted by atomic mass is 16.4. The van der Waals surface area contributed by atoms with Gasteiger partial charge in [0.1, 0.15) is 0 Å². The molecule has 1 aromatic carbocycles. The molecule has 2 atom stereocenters. The summed E-state index contributed by atoms with van der Waals surface area (Å²) in [7, 11) is 1.80. The molecule has 114 valence electrons. The van der Waals surface area contributed by atoms with E-state index in [0.717, 1.165) is 5.56 Å². The number of benzene rings is 1. The van der Waals surface area contributed by atoms with Gasteiger partial charge in [0.2, 0.25) is 5.91 Å². The second kappa shape index (κ2) is 6.29. The van der Waals surface area contributed by atoms with E-state index < -0.39 is 5.97 Å². The minimum atomic E-state index is -0.776. The maximum Gasteiger partial charge on any atom is 0.306 e. The fraction of sp³-hybridized carbons (Fsp3) is 0.529. The van der Waals surface area contributed by atoms with Crippen LogP contribution in [-0.2, 0) is 16.1 Å². The molecule has 1 N–H and O–H groups in total. The zero-order valence-electron chi connectivity index (χ0n) is 12.9. The van der Waals surface area contributed by atoms with Gasteiger partial charge in [-0.3, -0.25) is 9.59 Å². The lowest BCUT2D eigenvalue weighted by atomic mass is 10.0. The van der Waals surface area contributed by atoms with E-state index in [1.165, 1.54) is 11.1 Å². The Kier molecular flexibility index (Phi) is 4.66. The van der Waals surface area contributed by atoms with Gasteiger partial charge in [-0.25, -0.2) is 0 Å². The number of nitrogens with zero attached hydrogens (tertiary/aromatic N) is 1. The number of carbonyl (C=O) groups is 2. The quantitative estimate of drug-likeness (QED) is 0.927. The molecule has 0 saturated heterocycles. The van der Waals surface area contributed by atoms with Crippen LogP contribution in [0.1, 0.15) is 36.0 Å². The molecule has 0 heterocycles. The summed E-state index contributed by atoms with van der Waals surface area (Å²) in [5.74, 6) is -1.20. The number of carboxylic acids is 1. The molecular weight excluding hydrogens is 266 g/mol. The highest BCUT2D eigenvalue weighted by Crippen LogP contribution is 2.32. The molecule has 1 fully saturated rings. The smallest absolute Gasteiger partial charge is 0.306 e. The molecule has 1 aromatic rings. The number of amides is 1. The van der Waals surface area contributed by atoms with Crippen molar-refractivity contribution in [1.82, 2.24) is 4.90 Å². The average molecular weight is 289 g/mol. The Bertz CT molecular complexity index is 553. The van der Waals surface area contributed by atoms with Crippen molar-refractivity contribution >= 4 is 11.9 Å². The van der Waals surface area contributed by atoms with Crippen LogP contribution in [0.4, 0.5) is 0 Å². The number of carboxylic acid groups (broad SMARTS) is 1. The minimum Gasteiger partial charge on any atom is -0.481 e. The second-order valence-electron chi connectivity index (χ2n) is 6.17. The SMILES string of the molecule is Cc1ccc(CN(C)C(=O)[C@@H]2CC[C@H](C(=O)O)C2)c(C)c1. The van der Waals surface area contributed by atoms with Gasteiger partial charge in [-0.05, 0) is 44.2 Å². The topological polar surface area (TPSA) is 57.6 Å². The molecule has 4 nitrogen and oxygen atoms in total. The summed E-state index contributed by atoms with van der Waals surface area (Å²) >= 11 is 0. The van der Waals surface area contributed by atoms with Crippen molar-refractivity contribution in [2.24, 2.45) is 11.8 Å². The second-order valence-corrected chi connectivity index (χ2v) is 6.17. The first-order valence-electron chi connectivity index (χ1n) is 7.42. The third kappa shape index (κ3) is 3.63. The third-order valence-electron chi connectivity index (χ3n) is 4.41. The van der Waals surface area contributed by atoms with E-state index in [9.17, 15) is 9.59 Å². The lowest BCUT2D eigenvalue weighted by Gasteiger charge is -2.22. The first kappa shape index (κ1) is 15.5. The number of hydrogen-bond acceptors (Lipinski definition) is 2. The monoisotopic (exact) mass is 289 g/mol. The molecule has 1 saturated carbocycles. The van der Waals surface area contributed by atoms with Gasteiger partial charge < -0.3 is 10.0 Å². The fourth-order valence-corrected chi connectivity index (χ4v) is 3.10. The van der Waals surface area contributed by atoms with Crippen LogP contribution in [0.3, 0.4) is 0 Å². The zero-order chi connectivity index (χ0) is 15.6. The molecule has 1 amide bonds. The van der Waals surface area contributed by atoms with Crippen LogP contribution in [-0.4, -0.2) is 28.9 Å². The van der Waals surface area contributed by atoms with Crippen molar-refractivity contribution in [1.29, 1.82) is 0 Å². The average Bonchev–Trinajstić information content (AvgIpc) is 2.90. The summed E-state index contributed by atoms with van der Waals surface area (Å²) in [4.78, 5) is 25.1. The summed E-state index contributed by atoms with van der Waals surface area (Å²) in [5, 5.41) is 9.02. The van der Waals surface area contributed by atoms with E-state index in [-0.39, 0.29) is 17.7 Å². The molecule has 0 bridgehead atoms. The molecule has 21 heavy (non-hydrogen) atoms. The molecule has 0 spiro atoms. The van der Waals surface area contributed by atoms with E-state index in [1.54, 1.807) is 11.9 Å². The van der Waals surface area contributed by atoms with Crippen molar-refractivity contribution in [3.8, 4) is 0 Å². The highest BCUT2D eigenvalue weighted by Gasteiger charge is 2.35. The zero-order valence-corrected chi connectivity index (χ0v) is 12.9. The standard InChI is InChI=1S/C17H23NO3/c1-11-4-5-15(12(2)8-11)10-18(3)16(19)13-6-7-14(9-13)17(20)21/h4-5,8,13-14H,6-7,9-10H2,1-3H3,(H,20,21)/t13-,14+/m1/s1. The Morgan fingerprint density at radius 3 is 2.48 bits per heavy atom. The van der Waals surface area contributed by atoms with Crippen molar-refractivity contribution < 1.29 is 14.7 Å². The number of hydrogen-bond donors (Lipinski definition) is 1. The number of carbonyl (C=O) groups excluding carboxylic acids is 1. The van der Waals surface area contributed by atoms with Gasteiger partial charge in [0.15, 0.2) is 0 Å². The molecule has 0 aromatic heterocycles. The normalized spacial score (nSPS) is 21.3. The molecule has 2 rings (SSSR count). The summed E-state index contributed by atoms with van der Waals surface area (Å²) in [6, 6.07) is 6.23. The maximum absolute atomic E-state index is 12.4. The molecule has 0 unspecified atom stereocenters. The van der Waals surface area contributed by atoms with Crippen molar-refractivity contribution in [3.05, 3.63) is 34.9 Å². The fourth-order valence-electron chi connectivity index (χ4n) is 3.10. The van der Waals surface area contributed by atoms with Crippen LogP contribution in [0.15, 0.2) is 18.2 Å². The Morgan fingerprint density at radius 1 is 1.24 bits per heavy atom. The maximum atomic E-state index is 12.4. The van der Waals surface area contributed by atoms with Crippen LogP contribution in [0.5, 0.6) is 0 Å². The first-order chi connectivity index (χ1) is 9.88. The number of aliphatic carboxylic acids is 1. The van der Waals surface area contributed by atoms with E-state index in [2.05, 4.69) is 32.0 Å². The van der Waals surface area contributed by atoms with Crippen LogP contribution >= 0.6 is 0 Å². The predicted molar refractivity (Wildman–Crippen MR) is 80.9 cm³/mol. The van der Waals surface area contributed by atoms with E-state index in [0.29, 0.717) is 25.8 Å². The van der Waals surface area contributed by atoms with E-state index in [4.69, 9.17) is 5.11 Å². The van der Waals surface area contributed by atoms with Crippen LogP contribution in [0, 0.1) is 25.7 Å². The minimum absolute atomic E-state index is 0.0683. The molecule has 1 aliphatic rings. The largest absolute Gasteiger partial charge is 0.481 e. The predicted octanol–water partition coefficient (Wildman–Crippen LogP) is 2.76. The van der Waals surface area contributed by atoms with Gasteiger partial charge >= 0.3 is 5.97 Å². The van der Waals surface area contributed by atoms with Crippen molar-refractivity contribution in [2.75, 3.05) is 7.05 Å². The lowest BCUT2D eigenvalue weighted by Crippen LogP contribution is -2.32. The molecule has 0 radical (unpaired) electrons. The van der Waals surface area contributed by atoms with Crippen molar-refractivity contribution in [2.45, 2.75) is 39.7 Å². The Hall–Kier alpha value is -1.84. The summed E-state index contributed by atoms with van der Waals surface area (Å²) in [6.45, 7) is 4.69. The van der Waals surface area contributed by atoms with Gasteiger partial charge in [0.25, 0.3) is 0 Å². The molecule has 1 aliphatic carbocycles. The Balaban J connectivity index is 1.98. The van der Waals surface area contributed by atoms with Gasteiger partial charge in [0.05, 0.1) is 5.92 Å². The first-order valence-corrected chi connectivity index (χ1v) is 7.42. The van der Waals surface area contributed by atoms with Crippen LogP contribution in [0.25, 0.3) is 0 Å². The van der Waals surface area contributed by atoms with Crippen molar-refractivity contribution in [3.63, 3.8) is 0 Å². The number of rotatable bonds is 4. The lowest BCUT2D eigenvalue weighted by molar-refractivity contribution is -0.141. The van der Waals surface area contributed by atoms with E-state index >= 15 is 0 Å². The Morgan fingerprint density at radius 2 is 1.90 bits per heavy atom. The third-order valence-corrected chi connectivity index (χ3v) is 4.41. The van der Waals surface area contributed by atoms with Gasteiger partial charge in [0, 0.05) is 19.5 Å². The summed E-state index contributed by atoms with van der Waals surface area (Å²) in [6.07, 6.45) is 1.78. The highest BCUT2D eigenvalue weighted by molar-refractivity contribution is 5.80. The van der Waals surface area contributed by atoms with Gasteiger partial charge in [-0.2, -0.15) is 0 Å². The van der Waals surface area contributed by atoms with Crippen LogP contribution < -0.4 is 0 Å². The van der Waals surface area contributed by atoms with E-state index in [1.807, 2.05) is 0 Å². The number of aryl methyl sites for hydroxylation is 2. The summed E-state index contributed by atoms with van der Waals surface area (Å²) < 4.78 is 0.